The van der Waals surface area contributed by atoms with Gasteiger partial charge in [-0.25, -0.2) is 18.0 Å². The van der Waals surface area contributed by atoms with Crippen molar-refractivity contribution >= 4 is 5.97 Å². The van der Waals surface area contributed by atoms with Gasteiger partial charge in [0.1, 0.15) is 0 Å². The molecule has 2 aromatic rings. The SMILES string of the molecule is C=CC(=O)Oc1c(F)cc(-c2ccc(OC)c(F)c2F)cc1F. The number of hydrogen-bond donors (Lipinski definition) is 0. The van der Waals surface area contributed by atoms with Gasteiger partial charge >= 0.3 is 5.97 Å². The van der Waals surface area contributed by atoms with Crippen molar-refractivity contribution in [1.82, 2.24) is 0 Å². The first-order valence-electron chi connectivity index (χ1n) is 6.24. The maximum absolute atomic E-state index is 14.0. The van der Waals surface area contributed by atoms with Crippen molar-refractivity contribution in [3.05, 3.63) is 60.2 Å². The van der Waals surface area contributed by atoms with Crippen LogP contribution in [0.4, 0.5) is 17.6 Å². The zero-order chi connectivity index (χ0) is 17.1. The molecule has 0 radical (unpaired) electrons. The molecule has 0 aliphatic heterocycles. The first-order valence-corrected chi connectivity index (χ1v) is 6.24. The summed E-state index contributed by atoms with van der Waals surface area (Å²) in [5, 5.41) is 0. The lowest BCUT2D eigenvalue weighted by atomic mass is 10.0. The van der Waals surface area contributed by atoms with E-state index in [1.165, 1.54) is 0 Å². The molecule has 0 saturated carbocycles. The van der Waals surface area contributed by atoms with Crippen LogP contribution in [0.1, 0.15) is 0 Å². The van der Waals surface area contributed by atoms with Crippen LogP contribution in [-0.2, 0) is 4.79 Å². The highest BCUT2D eigenvalue weighted by atomic mass is 19.2. The van der Waals surface area contributed by atoms with E-state index in [0.717, 1.165) is 37.5 Å². The molecule has 0 aromatic heterocycles. The Morgan fingerprint density at radius 1 is 1.09 bits per heavy atom. The van der Waals surface area contributed by atoms with Crippen LogP contribution in [0.5, 0.6) is 11.5 Å². The third-order valence-corrected chi connectivity index (χ3v) is 2.95. The number of carbonyl (C=O) groups is 1. The van der Waals surface area contributed by atoms with Crippen molar-refractivity contribution < 1.29 is 31.8 Å². The zero-order valence-electron chi connectivity index (χ0n) is 11.8. The predicted molar refractivity (Wildman–Crippen MR) is 74.1 cm³/mol. The van der Waals surface area contributed by atoms with Gasteiger partial charge in [0.2, 0.25) is 11.6 Å². The van der Waals surface area contributed by atoms with E-state index in [2.05, 4.69) is 16.1 Å². The minimum absolute atomic E-state index is 0.266. The Morgan fingerprint density at radius 2 is 1.70 bits per heavy atom. The van der Waals surface area contributed by atoms with Crippen molar-refractivity contribution in [2.45, 2.75) is 0 Å². The molecule has 2 aromatic carbocycles. The van der Waals surface area contributed by atoms with Gasteiger partial charge in [0, 0.05) is 11.6 Å². The number of carbonyl (C=O) groups excluding carboxylic acids is 1. The minimum Gasteiger partial charge on any atom is -0.494 e. The van der Waals surface area contributed by atoms with Crippen LogP contribution >= 0.6 is 0 Å². The van der Waals surface area contributed by atoms with Crippen molar-refractivity contribution in [2.75, 3.05) is 7.11 Å². The molecule has 0 atom stereocenters. The Bertz CT molecular complexity index is 764. The lowest BCUT2D eigenvalue weighted by molar-refractivity contribution is -0.129. The molecule has 0 spiro atoms. The summed E-state index contributed by atoms with van der Waals surface area (Å²) in [4.78, 5) is 11.0. The predicted octanol–water partition coefficient (Wildman–Crippen LogP) is 4.01. The second-order valence-electron chi connectivity index (χ2n) is 4.34. The summed E-state index contributed by atoms with van der Waals surface area (Å²) >= 11 is 0. The molecule has 0 aliphatic carbocycles. The van der Waals surface area contributed by atoms with Crippen LogP contribution in [0, 0.1) is 23.3 Å². The van der Waals surface area contributed by atoms with Gasteiger partial charge in [-0.15, -0.1) is 0 Å². The Hall–Kier alpha value is -2.83. The van der Waals surface area contributed by atoms with Crippen molar-refractivity contribution in [3.8, 4) is 22.6 Å². The topological polar surface area (TPSA) is 35.5 Å². The van der Waals surface area contributed by atoms with E-state index in [1.807, 2.05) is 0 Å². The molecule has 0 amide bonds. The molecule has 120 valence electrons. The molecule has 3 nitrogen and oxygen atoms in total. The first-order chi connectivity index (χ1) is 10.9. The molecule has 0 fully saturated rings. The maximum Gasteiger partial charge on any atom is 0.335 e. The van der Waals surface area contributed by atoms with E-state index < -0.39 is 35.0 Å². The number of methoxy groups -OCH3 is 1. The van der Waals surface area contributed by atoms with Crippen LogP contribution in [-0.4, -0.2) is 13.1 Å². The Balaban J connectivity index is 2.52. The normalized spacial score (nSPS) is 10.3. The molecule has 0 aliphatic rings. The summed E-state index contributed by atoms with van der Waals surface area (Å²) < 4.78 is 64.4. The monoisotopic (exact) mass is 326 g/mol. The molecular formula is C16H10F4O3. The van der Waals surface area contributed by atoms with Gasteiger partial charge < -0.3 is 9.47 Å². The fraction of sp³-hybridized carbons (Fsp3) is 0.0625. The van der Waals surface area contributed by atoms with Gasteiger partial charge in [0.25, 0.3) is 0 Å². The Morgan fingerprint density at radius 3 is 2.22 bits per heavy atom. The largest absolute Gasteiger partial charge is 0.494 e. The highest BCUT2D eigenvalue weighted by Gasteiger charge is 2.20. The summed E-state index contributed by atoms with van der Waals surface area (Å²) in [6.07, 6.45) is 0.727. The Labute approximate surface area is 128 Å². The summed E-state index contributed by atoms with van der Waals surface area (Å²) in [5.74, 6) is -7.45. The average Bonchev–Trinajstić information content (AvgIpc) is 2.53. The molecule has 0 heterocycles. The van der Waals surface area contributed by atoms with E-state index >= 15 is 0 Å². The summed E-state index contributed by atoms with van der Waals surface area (Å²) in [6, 6.07) is 3.67. The van der Waals surface area contributed by atoms with Gasteiger partial charge in [0.15, 0.2) is 23.2 Å². The van der Waals surface area contributed by atoms with E-state index in [4.69, 9.17) is 0 Å². The van der Waals surface area contributed by atoms with Crippen LogP contribution < -0.4 is 9.47 Å². The fourth-order valence-electron chi connectivity index (χ4n) is 1.87. The molecule has 0 bridgehead atoms. The second kappa shape index (κ2) is 6.51. The summed E-state index contributed by atoms with van der Waals surface area (Å²) in [5.41, 5.74) is -0.639. The number of benzene rings is 2. The third kappa shape index (κ3) is 3.18. The van der Waals surface area contributed by atoms with Gasteiger partial charge in [-0.2, -0.15) is 4.39 Å². The number of ether oxygens (including phenoxy) is 2. The third-order valence-electron chi connectivity index (χ3n) is 2.95. The van der Waals surface area contributed by atoms with E-state index in [0.29, 0.717) is 0 Å². The smallest absolute Gasteiger partial charge is 0.335 e. The highest BCUT2D eigenvalue weighted by Crippen LogP contribution is 2.33. The standard InChI is InChI=1S/C16H10F4O3/c1-3-13(21)23-16-10(17)6-8(7-11(16)18)9-4-5-12(22-2)15(20)14(9)19/h3-7H,1H2,2H3. The summed E-state index contributed by atoms with van der Waals surface area (Å²) in [6.45, 7) is 3.10. The van der Waals surface area contributed by atoms with Gasteiger partial charge in [-0.05, 0) is 29.8 Å². The van der Waals surface area contributed by atoms with Gasteiger partial charge in [-0.1, -0.05) is 6.58 Å². The number of esters is 1. The van der Waals surface area contributed by atoms with Crippen LogP contribution in [0.15, 0.2) is 36.9 Å². The molecule has 0 saturated heterocycles. The molecule has 7 heteroatoms. The van der Waals surface area contributed by atoms with Crippen molar-refractivity contribution in [1.29, 1.82) is 0 Å². The van der Waals surface area contributed by atoms with Crippen molar-refractivity contribution in [3.63, 3.8) is 0 Å². The lowest BCUT2D eigenvalue weighted by Crippen LogP contribution is -2.07. The first kappa shape index (κ1) is 16.5. The number of rotatable bonds is 4. The van der Waals surface area contributed by atoms with Crippen LogP contribution in [0.25, 0.3) is 11.1 Å². The molecule has 2 rings (SSSR count). The van der Waals surface area contributed by atoms with Crippen LogP contribution in [0.2, 0.25) is 0 Å². The number of hydrogen-bond acceptors (Lipinski definition) is 3. The van der Waals surface area contributed by atoms with Crippen LogP contribution in [0.3, 0.4) is 0 Å². The fourth-order valence-corrected chi connectivity index (χ4v) is 1.87. The average molecular weight is 326 g/mol. The highest BCUT2D eigenvalue weighted by molar-refractivity contribution is 5.83. The van der Waals surface area contributed by atoms with Crippen molar-refractivity contribution in [2.24, 2.45) is 0 Å². The molecule has 23 heavy (non-hydrogen) atoms. The summed E-state index contributed by atoms with van der Waals surface area (Å²) in [7, 11) is 1.15. The second-order valence-corrected chi connectivity index (χ2v) is 4.34. The van der Waals surface area contributed by atoms with E-state index in [-0.39, 0.29) is 16.9 Å². The van der Waals surface area contributed by atoms with Gasteiger partial charge in [0.05, 0.1) is 7.11 Å². The minimum atomic E-state index is -1.32. The van der Waals surface area contributed by atoms with E-state index in [9.17, 15) is 22.4 Å². The molecule has 0 N–H and O–H groups in total. The van der Waals surface area contributed by atoms with Gasteiger partial charge in [-0.3, -0.25) is 0 Å². The van der Waals surface area contributed by atoms with E-state index in [1.54, 1.807) is 0 Å². The lowest BCUT2D eigenvalue weighted by Gasteiger charge is -2.10. The molecular weight excluding hydrogens is 316 g/mol. The molecule has 0 unspecified atom stereocenters. The quantitative estimate of drug-likeness (QED) is 0.369. The maximum atomic E-state index is 14.0. The number of halogens is 4. The zero-order valence-corrected chi connectivity index (χ0v) is 11.8. The Kier molecular flexibility index (Phi) is 4.68.